The van der Waals surface area contributed by atoms with E-state index < -0.39 is 18.3 Å². The Morgan fingerprint density at radius 3 is 2.30 bits per heavy atom. The van der Waals surface area contributed by atoms with Crippen LogP contribution < -0.4 is 10.2 Å². The number of aldehydes is 1. The van der Waals surface area contributed by atoms with E-state index in [9.17, 15) is 4.79 Å². The Morgan fingerprint density at radius 2 is 1.80 bits per heavy atom. The average Bonchev–Trinajstić information content (AvgIpc) is 2.59. The van der Waals surface area contributed by atoms with Gasteiger partial charge in [0.1, 0.15) is 5.75 Å². The van der Waals surface area contributed by atoms with Crippen LogP contribution in [0.3, 0.4) is 0 Å². The zero-order chi connectivity index (χ0) is 15.0. The highest BCUT2D eigenvalue weighted by Gasteiger charge is 2.51. The first-order valence-corrected chi connectivity index (χ1v) is 6.88. The fourth-order valence-corrected chi connectivity index (χ4v) is 2.07. The summed E-state index contributed by atoms with van der Waals surface area (Å²) in [5, 5.41) is 0. The molecule has 0 amide bonds. The molecule has 2 rings (SSSR count). The Morgan fingerprint density at radius 1 is 1.20 bits per heavy atom. The van der Waals surface area contributed by atoms with Crippen LogP contribution in [0.15, 0.2) is 18.2 Å². The lowest BCUT2D eigenvalue weighted by molar-refractivity contribution is 0.00578. The van der Waals surface area contributed by atoms with Gasteiger partial charge in [-0.3, -0.25) is 4.79 Å². The third kappa shape index (κ3) is 2.60. The maximum Gasteiger partial charge on any atom is 0.494 e. The largest absolute Gasteiger partial charge is 0.494 e. The Hall–Kier alpha value is -1.33. The van der Waals surface area contributed by atoms with Crippen molar-refractivity contribution in [2.75, 3.05) is 6.61 Å². The number of hydrogen-bond donors (Lipinski definition) is 0. The van der Waals surface area contributed by atoms with E-state index in [2.05, 4.69) is 0 Å². The molecule has 20 heavy (non-hydrogen) atoms. The molecule has 0 unspecified atom stereocenters. The lowest BCUT2D eigenvalue weighted by Crippen LogP contribution is -2.41. The van der Waals surface area contributed by atoms with Crippen molar-refractivity contribution in [3.05, 3.63) is 23.8 Å². The predicted octanol–water partition coefficient (Wildman–Crippen LogP) is 2.20. The molecule has 5 heteroatoms. The van der Waals surface area contributed by atoms with Gasteiger partial charge in [-0.2, -0.15) is 0 Å². The minimum absolute atomic E-state index is 0.391. The van der Waals surface area contributed by atoms with Crippen LogP contribution in [0, 0.1) is 0 Å². The van der Waals surface area contributed by atoms with Crippen molar-refractivity contribution < 1.29 is 18.8 Å². The van der Waals surface area contributed by atoms with E-state index >= 15 is 0 Å². The van der Waals surface area contributed by atoms with Crippen molar-refractivity contribution in [2.24, 2.45) is 0 Å². The maximum absolute atomic E-state index is 11.2. The monoisotopic (exact) mass is 276 g/mol. The van der Waals surface area contributed by atoms with Crippen molar-refractivity contribution in [3.8, 4) is 5.75 Å². The van der Waals surface area contributed by atoms with Crippen molar-refractivity contribution in [1.29, 1.82) is 0 Å². The predicted molar refractivity (Wildman–Crippen MR) is 78.7 cm³/mol. The Balaban J connectivity index is 2.29. The molecule has 1 heterocycles. The Labute approximate surface area is 120 Å². The number of carbonyl (C=O) groups is 1. The van der Waals surface area contributed by atoms with Crippen LogP contribution in [-0.2, 0) is 9.31 Å². The number of carbonyl (C=O) groups excluding carboxylic acids is 1. The first-order chi connectivity index (χ1) is 9.30. The van der Waals surface area contributed by atoms with E-state index in [1.807, 2.05) is 40.7 Å². The van der Waals surface area contributed by atoms with Gasteiger partial charge in [0, 0.05) is 0 Å². The van der Waals surface area contributed by atoms with E-state index in [1.54, 1.807) is 12.1 Å². The molecule has 108 valence electrons. The Bertz CT molecular complexity index is 495. The van der Waals surface area contributed by atoms with Gasteiger partial charge in [0.25, 0.3) is 0 Å². The second-order valence-corrected chi connectivity index (χ2v) is 5.94. The Kier molecular flexibility index (Phi) is 3.94. The van der Waals surface area contributed by atoms with Crippen LogP contribution in [0.25, 0.3) is 0 Å². The zero-order valence-corrected chi connectivity index (χ0v) is 12.7. The number of benzene rings is 1. The van der Waals surface area contributed by atoms with Crippen LogP contribution in [0.2, 0.25) is 0 Å². The number of hydrogen-bond acceptors (Lipinski definition) is 4. The molecule has 0 atom stereocenters. The highest BCUT2D eigenvalue weighted by atomic mass is 16.7. The van der Waals surface area contributed by atoms with Gasteiger partial charge in [0.2, 0.25) is 0 Å². The molecule has 0 saturated carbocycles. The number of rotatable bonds is 4. The van der Waals surface area contributed by atoms with Gasteiger partial charge in [0.15, 0.2) is 6.29 Å². The van der Waals surface area contributed by atoms with Crippen molar-refractivity contribution >= 4 is 18.9 Å². The standard InChI is InChI=1S/C15H21BO4/c1-6-18-13-8-7-12(9-11(13)10-17)16-19-14(2,3)15(4,5)20-16/h7-10H,6H2,1-5H3. The SMILES string of the molecule is CCOc1ccc(B2OC(C)(C)C(C)(C)O2)cc1C=O. The van der Waals surface area contributed by atoms with Crippen LogP contribution in [0.4, 0.5) is 0 Å². The molecule has 0 aromatic heterocycles. The van der Waals surface area contributed by atoms with Gasteiger partial charge in [-0.05, 0) is 52.2 Å². The molecule has 4 nitrogen and oxygen atoms in total. The summed E-state index contributed by atoms with van der Waals surface area (Å²) in [6.07, 6.45) is 0.791. The fraction of sp³-hybridized carbons (Fsp3) is 0.533. The molecule has 1 saturated heterocycles. The summed E-state index contributed by atoms with van der Waals surface area (Å²) < 4.78 is 17.4. The van der Waals surface area contributed by atoms with Crippen molar-refractivity contribution in [2.45, 2.75) is 45.8 Å². The van der Waals surface area contributed by atoms with Crippen LogP contribution in [-0.4, -0.2) is 31.2 Å². The smallest absolute Gasteiger partial charge is 0.493 e. The molecule has 1 aliphatic rings. The van der Waals surface area contributed by atoms with Gasteiger partial charge in [-0.25, -0.2) is 0 Å². The highest BCUT2D eigenvalue weighted by Crippen LogP contribution is 2.36. The molecule has 0 spiro atoms. The summed E-state index contributed by atoms with van der Waals surface area (Å²) in [4.78, 5) is 11.2. The molecule has 0 N–H and O–H groups in total. The second kappa shape index (κ2) is 5.22. The second-order valence-electron chi connectivity index (χ2n) is 5.94. The van der Waals surface area contributed by atoms with Gasteiger partial charge in [0.05, 0.1) is 23.4 Å². The molecule has 1 aliphatic heterocycles. The molecule has 1 aromatic carbocycles. The summed E-state index contributed by atoms with van der Waals surface area (Å²) in [5.41, 5.74) is 0.558. The van der Waals surface area contributed by atoms with E-state index in [4.69, 9.17) is 14.0 Å². The highest BCUT2D eigenvalue weighted by molar-refractivity contribution is 6.62. The van der Waals surface area contributed by atoms with E-state index in [-0.39, 0.29) is 0 Å². The third-order valence-electron chi connectivity index (χ3n) is 3.99. The van der Waals surface area contributed by atoms with Crippen molar-refractivity contribution in [1.82, 2.24) is 0 Å². The van der Waals surface area contributed by atoms with Gasteiger partial charge >= 0.3 is 7.12 Å². The molecule has 0 bridgehead atoms. The van der Waals surface area contributed by atoms with E-state index in [1.165, 1.54) is 0 Å². The van der Waals surface area contributed by atoms with E-state index in [0.717, 1.165) is 11.7 Å². The molecule has 1 fully saturated rings. The van der Waals surface area contributed by atoms with Crippen molar-refractivity contribution in [3.63, 3.8) is 0 Å². The normalized spacial score (nSPS) is 19.9. The minimum Gasteiger partial charge on any atom is -0.493 e. The van der Waals surface area contributed by atoms with Gasteiger partial charge < -0.3 is 14.0 Å². The van der Waals surface area contributed by atoms with Gasteiger partial charge in [-0.15, -0.1) is 0 Å². The summed E-state index contributed by atoms with van der Waals surface area (Å²) in [7, 11) is -0.464. The summed E-state index contributed by atoms with van der Waals surface area (Å²) >= 11 is 0. The molecule has 1 aromatic rings. The summed E-state index contributed by atoms with van der Waals surface area (Å²) in [6, 6.07) is 5.42. The number of ether oxygens (including phenoxy) is 1. The lowest BCUT2D eigenvalue weighted by atomic mass is 9.78. The first-order valence-electron chi connectivity index (χ1n) is 6.88. The molecule has 0 radical (unpaired) electrons. The quantitative estimate of drug-likeness (QED) is 0.624. The first kappa shape index (κ1) is 15.1. The lowest BCUT2D eigenvalue weighted by Gasteiger charge is -2.32. The zero-order valence-electron chi connectivity index (χ0n) is 12.7. The third-order valence-corrected chi connectivity index (χ3v) is 3.99. The molecule has 0 aliphatic carbocycles. The maximum atomic E-state index is 11.2. The van der Waals surface area contributed by atoms with Gasteiger partial charge in [-0.1, -0.05) is 6.07 Å². The topological polar surface area (TPSA) is 44.8 Å². The summed E-state index contributed by atoms with van der Waals surface area (Å²) in [6.45, 7) is 10.4. The van der Waals surface area contributed by atoms with Crippen LogP contribution >= 0.6 is 0 Å². The summed E-state index contributed by atoms with van der Waals surface area (Å²) in [5.74, 6) is 0.586. The molecular formula is C15H21BO4. The minimum atomic E-state index is -0.464. The fourth-order valence-electron chi connectivity index (χ4n) is 2.07. The average molecular weight is 276 g/mol. The van der Waals surface area contributed by atoms with Crippen LogP contribution in [0.1, 0.15) is 45.0 Å². The van der Waals surface area contributed by atoms with E-state index in [0.29, 0.717) is 17.9 Å². The molecular weight excluding hydrogens is 255 g/mol. The van der Waals surface area contributed by atoms with Crippen LogP contribution in [0.5, 0.6) is 5.75 Å².